The van der Waals surface area contributed by atoms with Gasteiger partial charge in [0.05, 0.1) is 5.75 Å². The second kappa shape index (κ2) is 5.89. The van der Waals surface area contributed by atoms with E-state index in [1.807, 2.05) is 6.07 Å². The summed E-state index contributed by atoms with van der Waals surface area (Å²) in [5.74, 6) is -0.550. The number of hydrogen-bond acceptors (Lipinski definition) is 3. The summed E-state index contributed by atoms with van der Waals surface area (Å²) in [5.41, 5.74) is 0.891. The minimum Gasteiger partial charge on any atom is -0.355 e. The van der Waals surface area contributed by atoms with Crippen LogP contribution in [0.3, 0.4) is 0 Å². The predicted octanol–water partition coefficient (Wildman–Crippen LogP) is 1.50. The first-order valence-corrected chi connectivity index (χ1v) is 8.48. The lowest BCUT2D eigenvalue weighted by molar-refractivity contribution is -0.122. The summed E-state index contributed by atoms with van der Waals surface area (Å²) >= 11 is 11.9. The van der Waals surface area contributed by atoms with Crippen LogP contribution in [0.4, 0.5) is 0 Å². The van der Waals surface area contributed by atoms with E-state index in [9.17, 15) is 13.2 Å². The largest absolute Gasteiger partial charge is 0.355 e. The van der Waals surface area contributed by atoms with E-state index < -0.39 is 10.0 Å². The number of amides is 1. The highest BCUT2D eigenvalue weighted by Crippen LogP contribution is 2.49. The minimum atomic E-state index is -3.55. The lowest BCUT2D eigenvalue weighted by Crippen LogP contribution is -2.32. The number of benzene rings is 1. The Bertz CT molecular complexity index is 634. The molecule has 0 radical (unpaired) electrons. The molecule has 0 unspecified atom stereocenters. The van der Waals surface area contributed by atoms with Gasteiger partial charge in [0.2, 0.25) is 15.9 Å². The third-order valence-electron chi connectivity index (χ3n) is 3.17. The van der Waals surface area contributed by atoms with Crippen molar-refractivity contribution in [3.63, 3.8) is 0 Å². The summed E-state index contributed by atoms with van der Waals surface area (Å²) in [7, 11) is -3.55. The maximum Gasteiger partial charge on any atom is 0.223 e. The number of hydrogen-bond donors (Lipinski definition) is 2. The minimum absolute atomic E-state index is 0.0231. The highest BCUT2D eigenvalue weighted by atomic mass is 35.5. The Hall–Kier alpha value is -0.820. The zero-order chi connectivity index (χ0) is 14.9. The van der Waals surface area contributed by atoms with Crippen molar-refractivity contribution in [3.05, 3.63) is 33.8 Å². The number of nitrogens with two attached hydrogens (primary N) is 1. The molecule has 1 saturated carbocycles. The number of sulfonamides is 1. The van der Waals surface area contributed by atoms with Crippen molar-refractivity contribution in [3.8, 4) is 0 Å². The highest BCUT2D eigenvalue weighted by molar-refractivity contribution is 7.89. The Balaban J connectivity index is 1.89. The summed E-state index contributed by atoms with van der Waals surface area (Å²) < 4.78 is 21.5. The maximum absolute atomic E-state index is 11.8. The molecule has 2 rings (SSSR count). The molecule has 0 aliphatic heterocycles. The SMILES string of the molecule is NS(=O)(=O)CCNC(=O)[C@@H]1C[C@@H]1c1ccc(Cl)cc1Cl. The third-order valence-corrected chi connectivity index (χ3v) is 4.51. The topological polar surface area (TPSA) is 89.3 Å². The van der Waals surface area contributed by atoms with Crippen LogP contribution in [0.2, 0.25) is 10.0 Å². The van der Waals surface area contributed by atoms with E-state index in [0.717, 1.165) is 5.56 Å². The Kier molecular flexibility index (Phi) is 4.59. The van der Waals surface area contributed by atoms with Crippen LogP contribution in [0.1, 0.15) is 17.9 Å². The van der Waals surface area contributed by atoms with Gasteiger partial charge in [-0.3, -0.25) is 4.79 Å². The van der Waals surface area contributed by atoms with Crippen LogP contribution >= 0.6 is 23.2 Å². The summed E-state index contributed by atoms with van der Waals surface area (Å²) in [4.78, 5) is 11.8. The average molecular weight is 337 g/mol. The summed E-state index contributed by atoms with van der Waals surface area (Å²) in [6, 6.07) is 5.19. The predicted molar refractivity (Wildman–Crippen MR) is 78.3 cm³/mol. The molecule has 1 amide bonds. The Morgan fingerprint density at radius 2 is 2.10 bits per heavy atom. The lowest BCUT2D eigenvalue weighted by atomic mass is 10.1. The summed E-state index contributed by atoms with van der Waals surface area (Å²) in [6.07, 6.45) is 0.697. The third kappa shape index (κ3) is 4.09. The van der Waals surface area contributed by atoms with Crippen molar-refractivity contribution in [2.45, 2.75) is 12.3 Å². The van der Waals surface area contributed by atoms with Gasteiger partial charge >= 0.3 is 0 Å². The van der Waals surface area contributed by atoms with Gasteiger partial charge in [0.15, 0.2) is 0 Å². The fourth-order valence-corrected chi connectivity index (χ4v) is 3.01. The molecule has 0 saturated heterocycles. The molecule has 20 heavy (non-hydrogen) atoms. The molecule has 1 aromatic rings. The van der Waals surface area contributed by atoms with Crippen molar-refractivity contribution in [1.82, 2.24) is 5.32 Å². The lowest BCUT2D eigenvalue weighted by Gasteiger charge is -2.05. The van der Waals surface area contributed by atoms with Gasteiger partial charge in [-0.2, -0.15) is 0 Å². The quantitative estimate of drug-likeness (QED) is 0.853. The summed E-state index contributed by atoms with van der Waals surface area (Å²) in [6.45, 7) is 0.0231. The summed E-state index contributed by atoms with van der Waals surface area (Å²) in [5, 5.41) is 8.51. The normalized spacial score (nSPS) is 21.6. The number of nitrogens with one attached hydrogen (secondary N) is 1. The van der Waals surface area contributed by atoms with Gasteiger partial charge in [0.25, 0.3) is 0 Å². The standard InChI is InChI=1S/C12H14Cl2N2O3S/c13-7-1-2-8(11(14)5-7)9-6-10(9)12(17)16-3-4-20(15,18)19/h1-2,5,9-10H,3-4,6H2,(H,16,17)(H2,15,18,19)/t9-,10-/m1/s1. The molecule has 3 N–H and O–H groups in total. The van der Waals surface area contributed by atoms with E-state index in [1.54, 1.807) is 12.1 Å². The van der Waals surface area contributed by atoms with Crippen LogP contribution in [-0.4, -0.2) is 26.6 Å². The molecule has 5 nitrogen and oxygen atoms in total. The van der Waals surface area contributed by atoms with E-state index in [-0.39, 0.29) is 30.0 Å². The van der Waals surface area contributed by atoms with E-state index in [0.29, 0.717) is 16.5 Å². The number of carbonyl (C=O) groups is 1. The Morgan fingerprint density at radius 3 is 2.70 bits per heavy atom. The molecular formula is C12H14Cl2N2O3S. The van der Waals surface area contributed by atoms with Crippen LogP contribution in [0.15, 0.2) is 18.2 Å². The molecule has 1 fully saturated rings. The van der Waals surface area contributed by atoms with Crippen molar-refractivity contribution in [1.29, 1.82) is 0 Å². The zero-order valence-corrected chi connectivity index (χ0v) is 12.8. The fourth-order valence-electron chi connectivity index (χ4n) is 2.08. The highest BCUT2D eigenvalue weighted by Gasteiger charge is 2.44. The van der Waals surface area contributed by atoms with Crippen LogP contribution in [-0.2, 0) is 14.8 Å². The molecular weight excluding hydrogens is 323 g/mol. The Morgan fingerprint density at radius 1 is 1.40 bits per heavy atom. The molecule has 0 bridgehead atoms. The Labute approximate surface area is 127 Å². The monoisotopic (exact) mass is 336 g/mol. The fraction of sp³-hybridized carbons (Fsp3) is 0.417. The van der Waals surface area contributed by atoms with E-state index >= 15 is 0 Å². The molecule has 2 atom stereocenters. The van der Waals surface area contributed by atoms with Crippen LogP contribution in [0, 0.1) is 5.92 Å². The molecule has 0 heterocycles. The smallest absolute Gasteiger partial charge is 0.223 e. The number of halogens is 2. The van der Waals surface area contributed by atoms with Gasteiger partial charge in [0, 0.05) is 22.5 Å². The van der Waals surface area contributed by atoms with Gasteiger partial charge < -0.3 is 5.32 Å². The van der Waals surface area contributed by atoms with E-state index in [4.69, 9.17) is 28.3 Å². The first-order chi connectivity index (χ1) is 9.28. The molecule has 110 valence electrons. The maximum atomic E-state index is 11.8. The van der Waals surface area contributed by atoms with Crippen molar-refractivity contribution < 1.29 is 13.2 Å². The second-order valence-corrected chi connectivity index (χ2v) is 7.35. The molecule has 0 aromatic heterocycles. The molecule has 1 aliphatic carbocycles. The number of carbonyl (C=O) groups excluding carboxylic acids is 1. The molecule has 8 heteroatoms. The molecule has 0 spiro atoms. The first kappa shape index (κ1) is 15.6. The van der Waals surface area contributed by atoms with E-state index in [2.05, 4.69) is 5.32 Å². The molecule has 1 aromatic carbocycles. The van der Waals surface area contributed by atoms with E-state index in [1.165, 1.54) is 0 Å². The van der Waals surface area contributed by atoms with Gasteiger partial charge in [0.1, 0.15) is 0 Å². The van der Waals surface area contributed by atoms with Crippen molar-refractivity contribution >= 4 is 39.1 Å². The van der Waals surface area contributed by atoms with Crippen LogP contribution in [0.25, 0.3) is 0 Å². The van der Waals surface area contributed by atoms with Gasteiger partial charge in [-0.15, -0.1) is 0 Å². The van der Waals surface area contributed by atoms with Gasteiger partial charge in [-0.25, -0.2) is 13.6 Å². The van der Waals surface area contributed by atoms with Crippen molar-refractivity contribution in [2.75, 3.05) is 12.3 Å². The van der Waals surface area contributed by atoms with Gasteiger partial charge in [-0.1, -0.05) is 29.3 Å². The van der Waals surface area contributed by atoms with Crippen molar-refractivity contribution in [2.24, 2.45) is 11.1 Å². The molecule has 1 aliphatic rings. The van der Waals surface area contributed by atoms with Crippen LogP contribution < -0.4 is 10.5 Å². The van der Waals surface area contributed by atoms with Gasteiger partial charge in [-0.05, 0) is 30.0 Å². The first-order valence-electron chi connectivity index (χ1n) is 6.01. The van der Waals surface area contributed by atoms with Crippen LogP contribution in [0.5, 0.6) is 0 Å². The second-order valence-electron chi connectivity index (χ2n) is 4.77. The number of primary sulfonamides is 1. The average Bonchev–Trinajstić information content (AvgIpc) is 3.07. The number of rotatable bonds is 5. The zero-order valence-electron chi connectivity index (χ0n) is 10.5.